The fraction of sp³-hybridized carbons (Fsp3) is 0.375. The van der Waals surface area contributed by atoms with E-state index in [1.54, 1.807) is 24.3 Å². The van der Waals surface area contributed by atoms with Gasteiger partial charge in [-0.3, -0.25) is 4.79 Å². The highest BCUT2D eigenvalue weighted by molar-refractivity contribution is 5.94. The Morgan fingerprint density at radius 1 is 1.10 bits per heavy atom. The normalized spacial score (nSPS) is 22.1. The zero-order valence-corrected chi connectivity index (χ0v) is 11.7. The summed E-state index contributed by atoms with van der Waals surface area (Å²) in [6, 6.07) is 6.88. The lowest BCUT2D eigenvalue weighted by Crippen LogP contribution is -2.38. The maximum Gasteiger partial charge on any atom is 0.328 e. The monoisotopic (exact) mass is 289 g/mol. The average Bonchev–Trinajstić information content (AvgIpc) is 2.48. The van der Waals surface area contributed by atoms with Crippen LogP contribution in [0.4, 0.5) is 0 Å². The Balaban J connectivity index is 1.92. The highest BCUT2D eigenvalue weighted by Crippen LogP contribution is 2.18. The SMILES string of the molecule is O=C(O)/C=C/c1ccc(C(=O)NC2CCC(O)CC2)cc1. The van der Waals surface area contributed by atoms with Gasteiger partial charge in [-0.1, -0.05) is 12.1 Å². The maximum absolute atomic E-state index is 12.1. The van der Waals surface area contributed by atoms with Crippen molar-refractivity contribution in [3.05, 3.63) is 41.5 Å². The van der Waals surface area contributed by atoms with E-state index in [-0.39, 0.29) is 18.1 Å². The summed E-state index contributed by atoms with van der Waals surface area (Å²) in [6.07, 6.45) is 5.35. The van der Waals surface area contributed by atoms with Crippen LogP contribution in [0.1, 0.15) is 41.6 Å². The van der Waals surface area contributed by atoms with E-state index in [0.29, 0.717) is 5.56 Å². The number of carbonyl (C=O) groups excluding carboxylic acids is 1. The third-order valence-electron chi connectivity index (χ3n) is 3.62. The predicted molar refractivity (Wildman–Crippen MR) is 78.8 cm³/mol. The number of aliphatic carboxylic acids is 1. The molecule has 0 bridgehead atoms. The van der Waals surface area contributed by atoms with Crippen molar-refractivity contribution in [2.75, 3.05) is 0 Å². The molecule has 1 amide bonds. The van der Waals surface area contributed by atoms with Gasteiger partial charge in [0.05, 0.1) is 6.10 Å². The second kappa shape index (κ2) is 7.04. The van der Waals surface area contributed by atoms with Crippen LogP contribution in [0, 0.1) is 0 Å². The number of hydrogen-bond acceptors (Lipinski definition) is 3. The average molecular weight is 289 g/mol. The summed E-state index contributed by atoms with van der Waals surface area (Å²) in [6.45, 7) is 0. The molecular weight excluding hydrogens is 270 g/mol. The van der Waals surface area contributed by atoms with Gasteiger partial charge in [0.25, 0.3) is 5.91 Å². The molecule has 1 aliphatic carbocycles. The number of amides is 1. The Morgan fingerprint density at radius 3 is 2.29 bits per heavy atom. The van der Waals surface area contributed by atoms with Crippen LogP contribution < -0.4 is 5.32 Å². The number of carboxylic acids is 1. The number of carbonyl (C=O) groups is 2. The molecule has 1 aromatic carbocycles. The molecule has 1 aliphatic rings. The van der Waals surface area contributed by atoms with Crippen LogP contribution in [0.25, 0.3) is 6.08 Å². The second-order valence-corrected chi connectivity index (χ2v) is 5.27. The summed E-state index contributed by atoms with van der Waals surface area (Å²) in [5, 5.41) is 21.0. The Kier molecular flexibility index (Phi) is 5.11. The lowest BCUT2D eigenvalue weighted by Gasteiger charge is -2.26. The molecule has 0 spiro atoms. The highest BCUT2D eigenvalue weighted by Gasteiger charge is 2.21. The summed E-state index contributed by atoms with van der Waals surface area (Å²) >= 11 is 0. The molecule has 1 fully saturated rings. The molecule has 112 valence electrons. The van der Waals surface area contributed by atoms with Gasteiger partial charge in [-0.05, 0) is 49.5 Å². The largest absolute Gasteiger partial charge is 0.478 e. The minimum atomic E-state index is -1.00. The predicted octanol–water partition coefficient (Wildman–Crippen LogP) is 1.82. The zero-order chi connectivity index (χ0) is 15.2. The lowest BCUT2D eigenvalue weighted by molar-refractivity contribution is -0.131. The molecule has 21 heavy (non-hydrogen) atoms. The van der Waals surface area contributed by atoms with E-state index in [9.17, 15) is 14.7 Å². The van der Waals surface area contributed by atoms with Crippen LogP contribution >= 0.6 is 0 Å². The Bertz CT molecular complexity index is 528. The van der Waals surface area contributed by atoms with E-state index < -0.39 is 5.97 Å². The van der Waals surface area contributed by atoms with E-state index in [4.69, 9.17) is 5.11 Å². The van der Waals surface area contributed by atoms with Crippen LogP contribution in [0.2, 0.25) is 0 Å². The number of benzene rings is 1. The molecule has 5 nitrogen and oxygen atoms in total. The van der Waals surface area contributed by atoms with Crippen molar-refractivity contribution < 1.29 is 19.8 Å². The number of nitrogens with one attached hydrogen (secondary N) is 1. The van der Waals surface area contributed by atoms with Crippen LogP contribution in [-0.2, 0) is 4.79 Å². The van der Waals surface area contributed by atoms with E-state index in [1.165, 1.54) is 6.08 Å². The van der Waals surface area contributed by atoms with Crippen molar-refractivity contribution in [1.82, 2.24) is 5.32 Å². The van der Waals surface area contributed by atoms with E-state index in [1.807, 2.05) is 0 Å². The molecule has 3 N–H and O–H groups in total. The summed E-state index contributed by atoms with van der Waals surface area (Å²) in [7, 11) is 0. The van der Waals surface area contributed by atoms with Crippen LogP contribution in [0.5, 0.6) is 0 Å². The van der Waals surface area contributed by atoms with Crippen LogP contribution in [0.15, 0.2) is 30.3 Å². The number of aliphatic hydroxyl groups is 1. The third-order valence-corrected chi connectivity index (χ3v) is 3.62. The van der Waals surface area contributed by atoms with E-state index in [0.717, 1.165) is 37.3 Å². The van der Waals surface area contributed by atoms with Gasteiger partial charge in [0.1, 0.15) is 0 Å². The maximum atomic E-state index is 12.1. The Hall–Kier alpha value is -2.14. The van der Waals surface area contributed by atoms with E-state index in [2.05, 4.69) is 5.32 Å². The molecule has 5 heteroatoms. The van der Waals surface area contributed by atoms with Crippen molar-refractivity contribution in [3.63, 3.8) is 0 Å². The first-order valence-corrected chi connectivity index (χ1v) is 7.04. The van der Waals surface area contributed by atoms with Crippen molar-refractivity contribution >= 4 is 18.0 Å². The van der Waals surface area contributed by atoms with Gasteiger partial charge in [-0.2, -0.15) is 0 Å². The van der Waals surface area contributed by atoms with Crippen molar-refractivity contribution in [1.29, 1.82) is 0 Å². The molecular formula is C16H19NO4. The number of rotatable bonds is 4. The second-order valence-electron chi connectivity index (χ2n) is 5.27. The third kappa shape index (κ3) is 4.72. The topological polar surface area (TPSA) is 86.6 Å². The van der Waals surface area contributed by atoms with Crippen molar-refractivity contribution in [2.24, 2.45) is 0 Å². The van der Waals surface area contributed by atoms with Crippen molar-refractivity contribution in [2.45, 2.75) is 37.8 Å². The molecule has 0 aliphatic heterocycles. The standard InChI is InChI=1S/C16H19NO4/c18-14-8-6-13(7-9-14)17-16(21)12-4-1-11(2-5-12)3-10-15(19)20/h1-5,10,13-14,18H,6-9H2,(H,17,21)(H,19,20)/b10-3+. The van der Waals surface area contributed by atoms with Crippen LogP contribution in [-0.4, -0.2) is 34.2 Å². The first-order chi connectivity index (χ1) is 10.0. The molecule has 1 aromatic rings. The number of aliphatic hydroxyl groups excluding tert-OH is 1. The minimum Gasteiger partial charge on any atom is -0.478 e. The first kappa shape index (κ1) is 15.3. The van der Waals surface area contributed by atoms with Crippen molar-refractivity contribution in [3.8, 4) is 0 Å². The molecule has 0 atom stereocenters. The summed E-state index contributed by atoms with van der Waals surface area (Å²) in [4.78, 5) is 22.5. The minimum absolute atomic E-state index is 0.118. The van der Waals surface area contributed by atoms with Gasteiger partial charge in [0, 0.05) is 17.7 Å². The Morgan fingerprint density at radius 2 is 1.71 bits per heavy atom. The summed E-state index contributed by atoms with van der Waals surface area (Å²) in [5.74, 6) is -1.14. The van der Waals surface area contributed by atoms with Gasteiger partial charge in [-0.25, -0.2) is 4.79 Å². The van der Waals surface area contributed by atoms with Gasteiger partial charge < -0.3 is 15.5 Å². The quantitative estimate of drug-likeness (QED) is 0.738. The lowest BCUT2D eigenvalue weighted by atomic mass is 9.93. The van der Waals surface area contributed by atoms with Crippen LogP contribution in [0.3, 0.4) is 0 Å². The molecule has 0 heterocycles. The zero-order valence-electron chi connectivity index (χ0n) is 11.7. The Labute approximate surface area is 123 Å². The fourth-order valence-electron chi connectivity index (χ4n) is 2.40. The summed E-state index contributed by atoms with van der Waals surface area (Å²) in [5.41, 5.74) is 1.28. The molecule has 1 saturated carbocycles. The van der Waals surface area contributed by atoms with Gasteiger partial charge in [-0.15, -0.1) is 0 Å². The molecule has 0 saturated heterocycles. The number of hydrogen-bond donors (Lipinski definition) is 3. The molecule has 0 radical (unpaired) electrons. The first-order valence-electron chi connectivity index (χ1n) is 7.04. The number of carboxylic acid groups (broad SMARTS) is 1. The fourth-order valence-corrected chi connectivity index (χ4v) is 2.40. The smallest absolute Gasteiger partial charge is 0.328 e. The molecule has 0 unspecified atom stereocenters. The molecule has 0 aromatic heterocycles. The van der Waals surface area contributed by atoms with E-state index >= 15 is 0 Å². The summed E-state index contributed by atoms with van der Waals surface area (Å²) < 4.78 is 0. The molecule has 2 rings (SSSR count). The van der Waals surface area contributed by atoms with Gasteiger partial charge in [0.2, 0.25) is 0 Å². The van der Waals surface area contributed by atoms with Gasteiger partial charge >= 0.3 is 5.97 Å². The van der Waals surface area contributed by atoms with Gasteiger partial charge in [0.15, 0.2) is 0 Å². The highest BCUT2D eigenvalue weighted by atomic mass is 16.4.